The van der Waals surface area contributed by atoms with Gasteiger partial charge < -0.3 is 4.74 Å². The number of amides is 1. The molecule has 0 saturated carbocycles. The molecular weight excluding hydrogens is 428 g/mol. The Morgan fingerprint density at radius 3 is 2.73 bits per heavy atom. The van der Waals surface area contributed by atoms with E-state index < -0.39 is 17.5 Å². The maximum atomic E-state index is 14.0. The van der Waals surface area contributed by atoms with Crippen molar-refractivity contribution in [1.29, 1.82) is 0 Å². The molecule has 0 atom stereocenters. The lowest BCUT2D eigenvalue weighted by Crippen LogP contribution is -2.13. The normalized spacial score (nSPS) is 10.8. The zero-order valence-corrected chi connectivity index (χ0v) is 17.3. The number of thiazole rings is 2. The molecule has 0 aliphatic heterocycles. The van der Waals surface area contributed by atoms with Crippen LogP contribution in [0.2, 0.25) is 0 Å². The molecule has 0 fully saturated rings. The summed E-state index contributed by atoms with van der Waals surface area (Å²) in [5.74, 6) is -1.16. The molecule has 0 saturated heterocycles. The molecule has 9 heteroatoms. The highest BCUT2D eigenvalue weighted by Gasteiger charge is 2.16. The highest BCUT2D eigenvalue weighted by molar-refractivity contribution is 7.14. The molecule has 4 aromatic rings. The standard InChI is InChI=1S/C21H15F2N3O2S2/c1-12-24-14(10-29-12)9-28-19-5-3-2-4-15(19)20(27)26-21-25-18(11-30-21)16-8-13(22)6-7-17(16)23/h2-8,10-11H,9H2,1H3,(H,25,26,27). The number of carbonyl (C=O) groups is 1. The number of ether oxygens (including phenoxy) is 1. The Balaban J connectivity index is 1.49. The first kappa shape index (κ1) is 20.1. The second-order valence-electron chi connectivity index (χ2n) is 6.26. The fourth-order valence-electron chi connectivity index (χ4n) is 2.72. The van der Waals surface area contributed by atoms with Gasteiger partial charge >= 0.3 is 0 Å². The van der Waals surface area contributed by atoms with E-state index in [1.54, 1.807) is 29.6 Å². The van der Waals surface area contributed by atoms with Crippen LogP contribution in [0, 0.1) is 18.6 Å². The van der Waals surface area contributed by atoms with Gasteiger partial charge in [-0.15, -0.1) is 22.7 Å². The second kappa shape index (κ2) is 8.68. The molecule has 152 valence electrons. The van der Waals surface area contributed by atoms with E-state index in [1.807, 2.05) is 12.3 Å². The third-order valence-corrected chi connectivity index (χ3v) is 5.68. The number of hydrogen-bond acceptors (Lipinski definition) is 6. The predicted octanol–water partition coefficient (Wildman–Crippen LogP) is 5.68. The Morgan fingerprint density at radius 1 is 1.10 bits per heavy atom. The highest BCUT2D eigenvalue weighted by atomic mass is 32.1. The molecule has 1 N–H and O–H groups in total. The summed E-state index contributed by atoms with van der Waals surface area (Å²) in [5.41, 5.74) is 1.40. The zero-order valence-electron chi connectivity index (χ0n) is 15.7. The summed E-state index contributed by atoms with van der Waals surface area (Å²) in [7, 11) is 0. The smallest absolute Gasteiger partial charge is 0.261 e. The Kier molecular flexibility index (Phi) is 5.82. The van der Waals surface area contributed by atoms with Gasteiger partial charge in [0.1, 0.15) is 24.0 Å². The molecule has 2 aromatic carbocycles. The van der Waals surface area contributed by atoms with Crippen LogP contribution in [0.15, 0.2) is 53.2 Å². The molecule has 0 bridgehead atoms. The van der Waals surface area contributed by atoms with Crippen LogP contribution < -0.4 is 10.1 Å². The first-order valence-corrected chi connectivity index (χ1v) is 10.6. The van der Waals surface area contributed by atoms with Crippen LogP contribution in [0.1, 0.15) is 21.1 Å². The van der Waals surface area contributed by atoms with Crippen molar-refractivity contribution in [2.24, 2.45) is 0 Å². The average Bonchev–Trinajstić information content (AvgIpc) is 3.37. The van der Waals surface area contributed by atoms with Gasteiger partial charge in [-0.05, 0) is 37.3 Å². The fourth-order valence-corrected chi connectivity index (χ4v) is 4.02. The largest absolute Gasteiger partial charge is 0.486 e. The third kappa shape index (κ3) is 4.52. The molecule has 30 heavy (non-hydrogen) atoms. The van der Waals surface area contributed by atoms with Gasteiger partial charge in [0.15, 0.2) is 5.13 Å². The molecule has 0 spiro atoms. The Hall–Kier alpha value is -3.17. The minimum Gasteiger partial charge on any atom is -0.486 e. The SMILES string of the molecule is Cc1nc(COc2ccccc2C(=O)Nc2nc(-c3cc(F)ccc3F)cs2)cs1. The van der Waals surface area contributed by atoms with Crippen molar-refractivity contribution in [3.05, 3.63) is 81.1 Å². The molecule has 0 unspecified atom stereocenters. The lowest BCUT2D eigenvalue weighted by Gasteiger charge is -2.10. The molecular formula is C21H15F2N3O2S2. The number of hydrogen-bond donors (Lipinski definition) is 1. The van der Waals surface area contributed by atoms with Crippen molar-refractivity contribution >= 4 is 33.7 Å². The predicted molar refractivity (Wildman–Crippen MR) is 113 cm³/mol. The summed E-state index contributed by atoms with van der Waals surface area (Å²) >= 11 is 2.65. The van der Waals surface area contributed by atoms with Crippen molar-refractivity contribution in [3.63, 3.8) is 0 Å². The van der Waals surface area contributed by atoms with Gasteiger partial charge in [0, 0.05) is 16.3 Å². The molecule has 0 aliphatic carbocycles. The first-order chi connectivity index (χ1) is 14.5. The lowest BCUT2D eigenvalue weighted by molar-refractivity contribution is 0.102. The van der Waals surface area contributed by atoms with Crippen molar-refractivity contribution < 1.29 is 18.3 Å². The van der Waals surface area contributed by atoms with Gasteiger partial charge in [0.25, 0.3) is 5.91 Å². The molecule has 2 heterocycles. The van der Waals surface area contributed by atoms with E-state index in [9.17, 15) is 13.6 Å². The van der Waals surface area contributed by atoms with E-state index in [4.69, 9.17) is 4.74 Å². The van der Waals surface area contributed by atoms with Crippen LogP contribution in [-0.2, 0) is 6.61 Å². The van der Waals surface area contributed by atoms with Crippen molar-refractivity contribution in [1.82, 2.24) is 9.97 Å². The molecule has 2 aromatic heterocycles. The van der Waals surface area contributed by atoms with E-state index in [1.165, 1.54) is 11.3 Å². The van der Waals surface area contributed by atoms with Gasteiger partial charge in [-0.25, -0.2) is 18.7 Å². The summed E-state index contributed by atoms with van der Waals surface area (Å²) in [6.07, 6.45) is 0. The maximum Gasteiger partial charge on any atom is 0.261 e. The first-order valence-electron chi connectivity index (χ1n) is 8.85. The number of nitrogens with zero attached hydrogens (tertiary/aromatic N) is 2. The van der Waals surface area contributed by atoms with Crippen LogP contribution in [0.5, 0.6) is 5.75 Å². The van der Waals surface area contributed by atoms with Crippen molar-refractivity contribution in [2.75, 3.05) is 5.32 Å². The van der Waals surface area contributed by atoms with Crippen LogP contribution in [0.25, 0.3) is 11.3 Å². The quantitative estimate of drug-likeness (QED) is 0.416. The summed E-state index contributed by atoms with van der Waals surface area (Å²) < 4.78 is 33.2. The number of aromatic nitrogens is 2. The molecule has 0 radical (unpaired) electrons. The van der Waals surface area contributed by atoms with Crippen molar-refractivity contribution in [3.8, 4) is 17.0 Å². The number of aryl methyl sites for hydroxylation is 1. The van der Waals surface area contributed by atoms with E-state index in [2.05, 4.69) is 15.3 Å². The topological polar surface area (TPSA) is 64.1 Å². The number of rotatable bonds is 6. The van der Waals surface area contributed by atoms with Crippen LogP contribution in [-0.4, -0.2) is 15.9 Å². The van der Waals surface area contributed by atoms with E-state index in [0.717, 1.165) is 40.2 Å². The monoisotopic (exact) mass is 443 g/mol. The lowest BCUT2D eigenvalue weighted by atomic mass is 10.1. The molecule has 0 aliphatic rings. The van der Waals surface area contributed by atoms with Gasteiger partial charge in [-0.3, -0.25) is 10.1 Å². The molecule has 5 nitrogen and oxygen atoms in total. The van der Waals surface area contributed by atoms with Crippen LogP contribution in [0.4, 0.5) is 13.9 Å². The van der Waals surface area contributed by atoms with E-state index in [-0.39, 0.29) is 23.0 Å². The van der Waals surface area contributed by atoms with E-state index >= 15 is 0 Å². The van der Waals surface area contributed by atoms with Crippen LogP contribution in [0.3, 0.4) is 0 Å². The minimum atomic E-state index is -0.587. The Bertz CT molecular complexity index is 1210. The van der Waals surface area contributed by atoms with Crippen molar-refractivity contribution in [2.45, 2.75) is 13.5 Å². The highest BCUT2D eigenvalue weighted by Crippen LogP contribution is 2.28. The number of benzene rings is 2. The Labute approximate surface area is 179 Å². The van der Waals surface area contributed by atoms with Gasteiger partial charge in [-0.2, -0.15) is 0 Å². The van der Waals surface area contributed by atoms with Gasteiger partial charge in [0.2, 0.25) is 0 Å². The molecule has 4 rings (SSSR count). The van der Waals surface area contributed by atoms with E-state index in [0.29, 0.717) is 11.3 Å². The summed E-state index contributed by atoms with van der Waals surface area (Å²) in [6.45, 7) is 2.16. The number of anilines is 1. The number of halogens is 2. The van der Waals surface area contributed by atoms with Gasteiger partial charge in [0.05, 0.1) is 22.0 Å². The number of nitrogens with one attached hydrogen (secondary N) is 1. The minimum absolute atomic E-state index is 0.0361. The summed E-state index contributed by atoms with van der Waals surface area (Å²) in [6, 6.07) is 9.98. The van der Waals surface area contributed by atoms with Crippen LogP contribution >= 0.6 is 22.7 Å². The zero-order chi connectivity index (χ0) is 21.1. The number of carbonyl (C=O) groups excluding carboxylic acids is 1. The maximum absolute atomic E-state index is 14.0. The average molecular weight is 444 g/mol. The molecule has 1 amide bonds. The summed E-state index contributed by atoms with van der Waals surface area (Å²) in [5, 5.41) is 7.35. The fraction of sp³-hybridized carbons (Fsp3) is 0.0952. The second-order valence-corrected chi connectivity index (χ2v) is 8.18. The summed E-state index contributed by atoms with van der Waals surface area (Å²) in [4.78, 5) is 21.3. The number of para-hydroxylation sites is 1. The van der Waals surface area contributed by atoms with Gasteiger partial charge in [-0.1, -0.05) is 12.1 Å². The third-order valence-electron chi connectivity index (χ3n) is 4.10. The Morgan fingerprint density at radius 2 is 1.93 bits per heavy atom.